The molecule has 5 rings (SSSR count). The van der Waals surface area contributed by atoms with E-state index in [2.05, 4.69) is 77.5 Å². The average Bonchev–Trinajstić information content (AvgIpc) is 3.27. The third-order valence-electron chi connectivity index (χ3n) is 5.42. The molecule has 0 spiro atoms. The van der Waals surface area contributed by atoms with E-state index >= 15 is 0 Å². The lowest BCUT2D eigenvalue weighted by Gasteiger charge is -2.15. The average molecular weight is 404 g/mol. The van der Waals surface area contributed by atoms with Crippen LogP contribution in [0.25, 0.3) is 33.8 Å². The van der Waals surface area contributed by atoms with Gasteiger partial charge in [-0.05, 0) is 66.1 Å². The van der Waals surface area contributed by atoms with Crippen LogP contribution in [0.4, 0.5) is 0 Å². The van der Waals surface area contributed by atoms with Crippen molar-refractivity contribution in [2.45, 2.75) is 13.5 Å². The van der Waals surface area contributed by atoms with Gasteiger partial charge in [0.1, 0.15) is 11.6 Å². The first-order valence-corrected chi connectivity index (χ1v) is 10.6. The number of fused-ring (bicyclic) bond motifs is 1. The third-order valence-corrected chi connectivity index (χ3v) is 5.42. The molecule has 2 aliphatic rings. The second-order valence-electron chi connectivity index (χ2n) is 7.47. The maximum Gasteiger partial charge on any atom is 0.141 e. The topological polar surface area (TPSA) is 27.1 Å². The summed E-state index contributed by atoms with van der Waals surface area (Å²) in [5.41, 5.74) is 6.79. The molecule has 2 heterocycles. The zero-order valence-corrected chi connectivity index (χ0v) is 17.5. The molecule has 0 aliphatic carbocycles. The Kier molecular flexibility index (Phi) is 5.24. The van der Waals surface area contributed by atoms with E-state index in [0.29, 0.717) is 6.61 Å². The first kappa shape index (κ1) is 19.1. The first-order valence-electron chi connectivity index (χ1n) is 10.6. The molecule has 31 heavy (non-hydrogen) atoms. The van der Waals surface area contributed by atoms with E-state index in [9.17, 15) is 0 Å². The molecule has 151 valence electrons. The van der Waals surface area contributed by atoms with Crippen LogP contribution < -0.4 is 4.74 Å². The maximum atomic E-state index is 5.59. The minimum atomic E-state index is 0.662. The molecule has 3 heteroatoms. The van der Waals surface area contributed by atoms with Gasteiger partial charge >= 0.3 is 0 Å². The van der Waals surface area contributed by atoms with Crippen LogP contribution in [-0.2, 0) is 6.54 Å². The number of pyridine rings is 1. The summed E-state index contributed by atoms with van der Waals surface area (Å²) in [5.74, 6) is 1.86. The number of ether oxygens (including phenoxy) is 1. The Balaban J connectivity index is 1.62. The van der Waals surface area contributed by atoms with Crippen LogP contribution >= 0.6 is 0 Å². The highest BCUT2D eigenvalue weighted by atomic mass is 16.5. The fourth-order valence-electron chi connectivity index (χ4n) is 3.91. The van der Waals surface area contributed by atoms with Crippen LogP contribution in [0.15, 0.2) is 97.2 Å². The van der Waals surface area contributed by atoms with Crippen LogP contribution in [0.5, 0.6) is 5.75 Å². The molecule has 0 saturated carbocycles. The van der Waals surface area contributed by atoms with Crippen molar-refractivity contribution in [1.29, 1.82) is 0 Å². The number of hydrogen-bond acceptors (Lipinski definition) is 2. The van der Waals surface area contributed by atoms with Gasteiger partial charge in [0.05, 0.1) is 12.3 Å². The SMILES string of the molecule is CCOc1ccc(-c2cc3c(-c4cc[c]cc4)ccn(Cc4ccccc4)c-3n2)cc1. The number of nitrogens with zero attached hydrogens (tertiary/aromatic N) is 2. The number of benzene rings is 3. The standard InChI is InChI=1S/C28H23N2O/c1-2-31-24-15-13-23(14-16-24)27-19-26-25(22-11-7-4-8-12-22)17-18-30(28(26)29-27)20-21-9-5-3-6-10-21/h3,5-19H,2,20H2,1H3. The molecule has 0 unspecified atom stereocenters. The van der Waals surface area contributed by atoms with Crippen molar-refractivity contribution in [2.24, 2.45) is 0 Å². The van der Waals surface area contributed by atoms with Gasteiger partial charge in [-0.25, -0.2) is 4.98 Å². The molecule has 0 aromatic heterocycles. The zero-order chi connectivity index (χ0) is 21.0. The Morgan fingerprint density at radius 3 is 2.35 bits per heavy atom. The molecule has 0 bridgehead atoms. The van der Waals surface area contributed by atoms with Crippen molar-refractivity contribution in [3.05, 3.63) is 109 Å². The van der Waals surface area contributed by atoms with Crippen molar-refractivity contribution in [3.8, 4) is 39.5 Å². The fraction of sp³-hybridized carbons (Fsp3) is 0.107. The molecule has 0 N–H and O–H groups in total. The number of rotatable bonds is 6. The molecule has 0 fully saturated rings. The van der Waals surface area contributed by atoms with Gasteiger partial charge in [0, 0.05) is 23.9 Å². The predicted octanol–water partition coefficient (Wildman–Crippen LogP) is 6.57. The summed E-state index contributed by atoms with van der Waals surface area (Å²) in [6, 6.07) is 34.2. The Morgan fingerprint density at radius 2 is 1.61 bits per heavy atom. The summed E-state index contributed by atoms with van der Waals surface area (Å²) in [7, 11) is 0. The highest BCUT2D eigenvalue weighted by molar-refractivity contribution is 5.85. The van der Waals surface area contributed by atoms with E-state index in [0.717, 1.165) is 34.9 Å². The molecule has 0 saturated heterocycles. The van der Waals surface area contributed by atoms with E-state index in [-0.39, 0.29) is 0 Å². The maximum absolute atomic E-state index is 5.59. The normalized spacial score (nSPS) is 11.0. The Labute approximate surface area is 182 Å². The van der Waals surface area contributed by atoms with E-state index < -0.39 is 0 Å². The minimum absolute atomic E-state index is 0.662. The van der Waals surface area contributed by atoms with E-state index in [1.54, 1.807) is 0 Å². The lowest BCUT2D eigenvalue weighted by atomic mass is 10.00. The summed E-state index contributed by atoms with van der Waals surface area (Å²) in [4.78, 5) is 5.06. The van der Waals surface area contributed by atoms with Gasteiger partial charge in [0.15, 0.2) is 0 Å². The molecule has 0 amide bonds. The second-order valence-corrected chi connectivity index (χ2v) is 7.47. The van der Waals surface area contributed by atoms with Gasteiger partial charge in [-0.3, -0.25) is 0 Å². The van der Waals surface area contributed by atoms with Crippen molar-refractivity contribution in [1.82, 2.24) is 9.55 Å². The van der Waals surface area contributed by atoms with Crippen LogP contribution in [0.1, 0.15) is 12.5 Å². The highest BCUT2D eigenvalue weighted by Crippen LogP contribution is 2.37. The molecule has 1 radical (unpaired) electrons. The highest BCUT2D eigenvalue weighted by Gasteiger charge is 2.19. The third kappa shape index (κ3) is 3.95. The Bertz CT molecular complexity index is 1240. The quantitative estimate of drug-likeness (QED) is 0.321. The van der Waals surface area contributed by atoms with Gasteiger partial charge in [-0.1, -0.05) is 54.6 Å². The van der Waals surface area contributed by atoms with Gasteiger partial charge in [0.2, 0.25) is 0 Å². The Morgan fingerprint density at radius 1 is 0.839 bits per heavy atom. The summed E-state index contributed by atoms with van der Waals surface area (Å²) >= 11 is 0. The molecule has 3 aromatic rings. The largest absolute Gasteiger partial charge is 0.494 e. The van der Waals surface area contributed by atoms with E-state index in [1.165, 1.54) is 16.7 Å². The predicted molar refractivity (Wildman–Crippen MR) is 125 cm³/mol. The van der Waals surface area contributed by atoms with Crippen LogP contribution in [0.3, 0.4) is 0 Å². The number of aromatic nitrogens is 2. The first-order chi connectivity index (χ1) is 15.3. The smallest absolute Gasteiger partial charge is 0.141 e. The fourth-order valence-corrected chi connectivity index (χ4v) is 3.91. The summed E-state index contributed by atoms with van der Waals surface area (Å²) in [6.45, 7) is 3.43. The monoisotopic (exact) mass is 403 g/mol. The van der Waals surface area contributed by atoms with Crippen LogP contribution in [-0.4, -0.2) is 16.2 Å². The summed E-state index contributed by atoms with van der Waals surface area (Å²) in [6.07, 6.45) is 2.14. The molecule has 3 nitrogen and oxygen atoms in total. The van der Waals surface area contributed by atoms with E-state index in [4.69, 9.17) is 9.72 Å². The van der Waals surface area contributed by atoms with Gasteiger partial charge in [-0.2, -0.15) is 0 Å². The molecule has 0 atom stereocenters. The molecular weight excluding hydrogens is 380 g/mol. The molecule has 2 aliphatic heterocycles. The summed E-state index contributed by atoms with van der Waals surface area (Å²) in [5, 5.41) is 0. The van der Waals surface area contributed by atoms with Crippen molar-refractivity contribution in [3.63, 3.8) is 0 Å². The van der Waals surface area contributed by atoms with Crippen LogP contribution in [0.2, 0.25) is 0 Å². The van der Waals surface area contributed by atoms with Gasteiger partial charge in [-0.15, -0.1) is 0 Å². The van der Waals surface area contributed by atoms with Gasteiger partial charge < -0.3 is 9.30 Å². The second kappa shape index (κ2) is 8.49. The van der Waals surface area contributed by atoms with Crippen molar-refractivity contribution in [2.75, 3.05) is 6.61 Å². The molecule has 3 aromatic carbocycles. The van der Waals surface area contributed by atoms with Crippen molar-refractivity contribution >= 4 is 0 Å². The lowest BCUT2D eigenvalue weighted by Crippen LogP contribution is -2.05. The van der Waals surface area contributed by atoms with Gasteiger partial charge in [0.25, 0.3) is 0 Å². The number of hydrogen-bond donors (Lipinski definition) is 0. The molecular formula is C28H23N2O. The Hall–Kier alpha value is -3.85. The van der Waals surface area contributed by atoms with Crippen LogP contribution in [0, 0.1) is 6.07 Å². The van der Waals surface area contributed by atoms with Crippen molar-refractivity contribution < 1.29 is 4.74 Å². The van der Waals surface area contributed by atoms with E-state index in [1.807, 2.05) is 37.3 Å². The lowest BCUT2D eigenvalue weighted by molar-refractivity contribution is 0.340. The zero-order valence-electron chi connectivity index (χ0n) is 17.5. The summed E-state index contributed by atoms with van der Waals surface area (Å²) < 4.78 is 7.81. The minimum Gasteiger partial charge on any atom is -0.494 e.